The second-order valence-corrected chi connectivity index (χ2v) is 4.13. The van der Waals surface area contributed by atoms with Crippen LogP contribution in [0.5, 0.6) is 11.5 Å². The number of hydrogen-bond donors (Lipinski definition) is 1. The summed E-state index contributed by atoms with van der Waals surface area (Å²) in [7, 11) is 0. The molecule has 2 N–H and O–H groups in total. The van der Waals surface area contributed by atoms with Gasteiger partial charge < -0.3 is 10.5 Å². The number of aryl methyl sites for hydroxylation is 1. The van der Waals surface area contributed by atoms with Crippen molar-refractivity contribution in [3.8, 4) is 11.5 Å². The number of nitrogens with zero attached hydrogens (tertiary/aromatic N) is 1. The van der Waals surface area contributed by atoms with Crippen LogP contribution in [-0.2, 0) is 6.54 Å². The van der Waals surface area contributed by atoms with Gasteiger partial charge in [0, 0.05) is 6.54 Å². The minimum absolute atomic E-state index is 0.422. The van der Waals surface area contributed by atoms with Crippen LogP contribution in [0.4, 0.5) is 0 Å². The van der Waals surface area contributed by atoms with E-state index >= 15 is 0 Å². The quantitative estimate of drug-likeness (QED) is 0.907. The van der Waals surface area contributed by atoms with E-state index in [0.717, 1.165) is 11.3 Å². The van der Waals surface area contributed by atoms with E-state index in [1.807, 2.05) is 37.3 Å². The predicted molar refractivity (Wildman–Crippen MR) is 68.4 cm³/mol. The van der Waals surface area contributed by atoms with Gasteiger partial charge in [-0.25, -0.2) is 0 Å². The molecule has 3 nitrogen and oxygen atoms in total. The third kappa shape index (κ3) is 2.96. The molecule has 1 heterocycles. The SMILES string of the molecule is Cc1ccc(Oc2ccc(CN)nc2)c(Cl)c1. The highest BCUT2D eigenvalue weighted by atomic mass is 35.5. The van der Waals surface area contributed by atoms with E-state index in [-0.39, 0.29) is 0 Å². The average Bonchev–Trinajstić information content (AvgIpc) is 2.34. The Labute approximate surface area is 105 Å². The zero-order chi connectivity index (χ0) is 12.3. The molecule has 0 bridgehead atoms. The van der Waals surface area contributed by atoms with Crippen LogP contribution >= 0.6 is 11.6 Å². The van der Waals surface area contributed by atoms with Crippen molar-refractivity contribution in [1.29, 1.82) is 0 Å². The molecule has 88 valence electrons. The first-order valence-electron chi connectivity index (χ1n) is 5.28. The van der Waals surface area contributed by atoms with Crippen molar-refractivity contribution in [2.45, 2.75) is 13.5 Å². The average molecular weight is 249 g/mol. The first-order chi connectivity index (χ1) is 8.19. The molecule has 0 saturated carbocycles. The van der Waals surface area contributed by atoms with Gasteiger partial charge in [-0.05, 0) is 36.8 Å². The summed E-state index contributed by atoms with van der Waals surface area (Å²) in [4.78, 5) is 4.15. The number of nitrogens with two attached hydrogens (primary N) is 1. The summed E-state index contributed by atoms with van der Waals surface area (Å²) >= 11 is 6.07. The first kappa shape index (κ1) is 11.9. The molecule has 0 aliphatic carbocycles. The molecule has 0 spiro atoms. The van der Waals surface area contributed by atoms with Crippen LogP contribution in [0, 0.1) is 6.92 Å². The summed E-state index contributed by atoms with van der Waals surface area (Å²) in [6.07, 6.45) is 1.64. The van der Waals surface area contributed by atoms with Crippen molar-refractivity contribution >= 4 is 11.6 Å². The van der Waals surface area contributed by atoms with Crippen LogP contribution in [0.25, 0.3) is 0 Å². The smallest absolute Gasteiger partial charge is 0.146 e. The number of rotatable bonds is 3. The van der Waals surface area contributed by atoms with Crippen LogP contribution in [-0.4, -0.2) is 4.98 Å². The van der Waals surface area contributed by atoms with Crippen LogP contribution in [0.2, 0.25) is 5.02 Å². The summed E-state index contributed by atoms with van der Waals surface area (Å²) in [6, 6.07) is 9.30. The second-order valence-electron chi connectivity index (χ2n) is 3.73. The fourth-order valence-corrected chi connectivity index (χ4v) is 1.68. The molecule has 0 saturated heterocycles. The molecule has 0 aliphatic heterocycles. The van der Waals surface area contributed by atoms with Crippen LogP contribution < -0.4 is 10.5 Å². The lowest BCUT2D eigenvalue weighted by molar-refractivity contribution is 0.480. The molecule has 0 aliphatic rings. The monoisotopic (exact) mass is 248 g/mol. The maximum Gasteiger partial charge on any atom is 0.146 e. The summed E-state index contributed by atoms with van der Waals surface area (Å²) in [5, 5.41) is 0.591. The summed E-state index contributed by atoms with van der Waals surface area (Å²) in [6.45, 7) is 2.40. The van der Waals surface area contributed by atoms with Crippen molar-refractivity contribution in [3.63, 3.8) is 0 Å². The molecule has 2 aromatic rings. The van der Waals surface area contributed by atoms with E-state index in [0.29, 0.717) is 23.1 Å². The number of aromatic nitrogens is 1. The highest BCUT2D eigenvalue weighted by Crippen LogP contribution is 2.29. The Bertz CT molecular complexity index is 511. The third-order valence-corrected chi connectivity index (χ3v) is 2.62. The number of ether oxygens (including phenoxy) is 1. The van der Waals surface area contributed by atoms with E-state index in [4.69, 9.17) is 22.1 Å². The number of hydrogen-bond acceptors (Lipinski definition) is 3. The summed E-state index contributed by atoms with van der Waals surface area (Å²) in [5.41, 5.74) is 7.39. The normalized spacial score (nSPS) is 10.3. The van der Waals surface area contributed by atoms with Crippen molar-refractivity contribution in [3.05, 3.63) is 52.8 Å². The lowest BCUT2D eigenvalue weighted by atomic mass is 10.2. The Hall–Kier alpha value is -1.58. The van der Waals surface area contributed by atoms with E-state index in [1.165, 1.54) is 0 Å². The maximum absolute atomic E-state index is 6.07. The number of benzene rings is 1. The van der Waals surface area contributed by atoms with Gasteiger partial charge >= 0.3 is 0 Å². The van der Waals surface area contributed by atoms with Crippen molar-refractivity contribution in [2.24, 2.45) is 5.73 Å². The van der Waals surface area contributed by atoms with Gasteiger partial charge in [0.15, 0.2) is 0 Å². The molecule has 1 aromatic heterocycles. The Morgan fingerprint density at radius 2 is 2.12 bits per heavy atom. The minimum atomic E-state index is 0.422. The van der Waals surface area contributed by atoms with Crippen LogP contribution in [0.1, 0.15) is 11.3 Å². The molecule has 0 amide bonds. The molecular weight excluding hydrogens is 236 g/mol. The molecule has 17 heavy (non-hydrogen) atoms. The second kappa shape index (κ2) is 5.17. The first-order valence-corrected chi connectivity index (χ1v) is 5.66. The van der Waals surface area contributed by atoms with E-state index in [9.17, 15) is 0 Å². The Morgan fingerprint density at radius 3 is 2.71 bits per heavy atom. The van der Waals surface area contributed by atoms with E-state index in [2.05, 4.69) is 4.98 Å². The molecular formula is C13H13ClN2O. The highest BCUT2D eigenvalue weighted by molar-refractivity contribution is 6.32. The lowest BCUT2D eigenvalue weighted by Crippen LogP contribution is -1.98. The fourth-order valence-electron chi connectivity index (χ4n) is 1.41. The molecule has 0 atom stereocenters. The molecule has 0 unspecified atom stereocenters. The summed E-state index contributed by atoms with van der Waals surface area (Å²) < 4.78 is 5.63. The zero-order valence-electron chi connectivity index (χ0n) is 9.48. The van der Waals surface area contributed by atoms with Gasteiger partial charge in [0.05, 0.1) is 16.9 Å². The Morgan fingerprint density at radius 1 is 1.29 bits per heavy atom. The fraction of sp³-hybridized carbons (Fsp3) is 0.154. The molecule has 0 radical (unpaired) electrons. The maximum atomic E-state index is 6.07. The lowest BCUT2D eigenvalue weighted by Gasteiger charge is -2.08. The molecule has 4 heteroatoms. The van der Waals surface area contributed by atoms with E-state index < -0.39 is 0 Å². The Kier molecular flexibility index (Phi) is 3.61. The van der Waals surface area contributed by atoms with E-state index in [1.54, 1.807) is 6.20 Å². The van der Waals surface area contributed by atoms with Gasteiger partial charge in [0.2, 0.25) is 0 Å². The number of pyridine rings is 1. The third-order valence-electron chi connectivity index (χ3n) is 2.32. The van der Waals surface area contributed by atoms with Gasteiger partial charge in [-0.3, -0.25) is 4.98 Å². The standard InChI is InChI=1S/C13H13ClN2O/c1-9-2-5-13(12(14)6-9)17-11-4-3-10(7-15)16-8-11/h2-6,8H,7,15H2,1H3. The van der Waals surface area contributed by atoms with Gasteiger partial charge in [-0.2, -0.15) is 0 Å². The van der Waals surface area contributed by atoms with Gasteiger partial charge in [-0.1, -0.05) is 17.7 Å². The molecule has 1 aromatic carbocycles. The zero-order valence-corrected chi connectivity index (χ0v) is 10.2. The predicted octanol–water partition coefficient (Wildman–Crippen LogP) is 3.29. The summed E-state index contributed by atoms with van der Waals surface area (Å²) in [5.74, 6) is 1.27. The molecule has 2 rings (SSSR count). The van der Waals surface area contributed by atoms with Crippen molar-refractivity contribution in [1.82, 2.24) is 4.98 Å². The van der Waals surface area contributed by atoms with Crippen LogP contribution in [0.3, 0.4) is 0 Å². The van der Waals surface area contributed by atoms with Crippen molar-refractivity contribution < 1.29 is 4.74 Å². The van der Waals surface area contributed by atoms with Gasteiger partial charge in [-0.15, -0.1) is 0 Å². The van der Waals surface area contributed by atoms with Crippen molar-refractivity contribution in [2.75, 3.05) is 0 Å². The molecule has 0 fully saturated rings. The number of halogens is 1. The van der Waals surface area contributed by atoms with Gasteiger partial charge in [0.25, 0.3) is 0 Å². The highest BCUT2D eigenvalue weighted by Gasteiger charge is 2.03. The minimum Gasteiger partial charge on any atom is -0.454 e. The van der Waals surface area contributed by atoms with Gasteiger partial charge in [0.1, 0.15) is 11.5 Å². The Balaban J connectivity index is 2.19. The van der Waals surface area contributed by atoms with Crippen LogP contribution in [0.15, 0.2) is 36.5 Å². The topological polar surface area (TPSA) is 48.1 Å². The largest absolute Gasteiger partial charge is 0.454 e.